The van der Waals surface area contributed by atoms with E-state index in [1.165, 1.54) is 27.8 Å². The predicted molar refractivity (Wildman–Crippen MR) is 196 cm³/mol. The van der Waals surface area contributed by atoms with Crippen LogP contribution in [0.15, 0.2) is 54.7 Å². The van der Waals surface area contributed by atoms with Gasteiger partial charge in [0.2, 0.25) is 11.9 Å². The van der Waals surface area contributed by atoms with Crippen LogP contribution in [0.2, 0.25) is 10.0 Å². The lowest BCUT2D eigenvalue weighted by Gasteiger charge is -2.27. The van der Waals surface area contributed by atoms with Gasteiger partial charge in [0.15, 0.2) is 5.82 Å². The van der Waals surface area contributed by atoms with E-state index in [1.54, 1.807) is 37.3 Å². The summed E-state index contributed by atoms with van der Waals surface area (Å²) >= 11 is 12.2. The number of nitrogens with one attached hydrogen (secondary N) is 2. The van der Waals surface area contributed by atoms with Crippen molar-refractivity contribution in [3.63, 3.8) is 0 Å². The first-order valence-electron chi connectivity index (χ1n) is 17.2. The summed E-state index contributed by atoms with van der Waals surface area (Å²) in [6.07, 6.45) is -1.48. The van der Waals surface area contributed by atoms with Crippen molar-refractivity contribution in [1.29, 1.82) is 5.26 Å². The number of aromatic nitrogens is 4. The van der Waals surface area contributed by atoms with Gasteiger partial charge in [-0.25, -0.2) is 19.1 Å². The van der Waals surface area contributed by atoms with Gasteiger partial charge in [0.25, 0.3) is 11.8 Å². The van der Waals surface area contributed by atoms with Gasteiger partial charge < -0.3 is 21.5 Å². The molecule has 7 rings (SSSR count). The minimum absolute atomic E-state index is 0.0392. The first-order valence-corrected chi connectivity index (χ1v) is 18.0. The normalized spacial score (nSPS) is 18.8. The number of hydrogen-bond donors (Lipinski definition) is 4. The van der Waals surface area contributed by atoms with Crippen molar-refractivity contribution in [2.45, 2.75) is 81.2 Å². The van der Waals surface area contributed by atoms with E-state index < -0.39 is 51.9 Å². The number of benzene rings is 2. The van der Waals surface area contributed by atoms with E-state index in [0.717, 1.165) is 0 Å². The molecule has 298 valence electrons. The number of carboxylic acids is 1. The summed E-state index contributed by atoms with van der Waals surface area (Å²) in [5.41, 5.74) is 4.80. The molecule has 2 aromatic heterocycles. The van der Waals surface area contributed by atoms with E-state index >= 15 is 0 Å². The van der Waals surface area contributed by atoms with Crippen molar-refractivity contribution in [2.75, 3.05) is 4.90 Å². The van der Waals surface area contributed by atoms with Crippen LogP contribution in [0.25, 0.3) is 0 Å². The lowest BCUT2D eigenvalue weighted by atomic mass is 9.91. The van der Waals surface area contributed by atoms with E-state index in [9.17, 15) is 37.2 Å². The molecule has 0 spiro atoms. The Balaban J connectivity index is 0.000000719. The largest absolute Gasteiger partial charge is 0.490 e. The number of fused-ring (bicyclic) bond motifs is 1. The van der Waals surface area contributed by atoms with Gasteiger partial charge in [-0.05, 0) is 88.4 Å². The molecule has 3 aliphatic rings. The van der Waals surface area contributed by atoms with Crippen molar-refractivity contribution in [3.05, 3.63) is 98.8 Å². The second kappa shape index (κ2) is 14.4. The van der Waals surface area contributed by atoms with E-state index in [-0.39, 0.29) is 39.7 Å². The summed E-state index contributed by atoms with van der Waals surface area (Å²) < 4.78 is 47.6. The second-order valence-electron chi connectivity index (χ2n) is 14.8. The number of anilines is 2. The Morgan fingerprint density at radius 3 is 2.07 bits per heavy atom. The van der Waals surface area contributed by atoms with Crippen LogP contribution in [0.4, 0.5) is 29.2 Å². The molecular formula is C37H33Cl2F4N9O5. The summed E-state index contributed by atoms with van der Waals surface area (Å²) in [5.74, 6) is -4.93. The van der Waals surface area contributed by atoms with E-state index in [4.69, 9.17) is 38.8 Å². The second-order valence-corrected chi connectivity index (χ2v) is 15.6. The highest BCUT2D eigenvalue weighted by Gasteiger charge is 2.58. The van der Waals surface area contributed by atoms with Gasteiger partial charge in [0, 0.05) is 6.42 Å². The van der Waals surface area contributed by atoms with E-state index in [2.05, 4.69) is 31.9 Å². The number of nitriles is 1. The van der Waals surface area contributed by atoms with Gasteiger partial charge in [-0.3, -0.25) is 19.0 Å². The Bertz CT molecular complexity index is 2310. The summed E-state index contributed by atoms with van der Waals surface area (Å²) in [5, 5.41) is 30.5. The van der Waals surface area contributed by atoms with Crippen LogP contribution in [0, 0.1) is 17.1 Å². The minimum atomic E-state index is -5.08. The number of amides is 3. The molecule has 3 amide bonds. The van der Waals surface area contributed by atoms with Gasteiger partial charge >= 0.3 is 12.1 Å². The van der Waals surface area contributed by atoms with Gasteiger partial charge in [-0.1, -0.05) is 35.3 Å². The monoisotopic (exact) mass is 829 g/mol. The quantitative estimate of drug-likeness (QED) is 0.123. The molecule has 3 heterocycles. The Kier molecular flexibility index (Phi) is 10.3. The first kappa shape index (κ1) is 41.0. The summed E-state index contributed by atoms with van der Waals surface area (Å²) in [6, 6.07) is 15.0. The topological polar surface area (TPSA) is 209 Å². The molecular weight excluding hydrogens is 797 g/mol. The van der Waals surface area contributed by atoms with Crippen LogP contribution in [-0.4, -0.2) is 60.3 Å². The number of imidazole rings is 1. The molecule has 5 N–H and O–H groups in total. The number of alkyl halides is 3. The molecule has 0 unspecified atom stereocenters. The Hall–Kier alpha value is -5.64. The lowest BCUT2D eigenvalue weighted by Crippen LogP contribution is -2.52. The van der Waals surface area contributed by atoms with Crippen LogP contribution >= 0.6 is 23.2 Å². The maximum absolute atomic E-state index is 14.4. The highest BCUT2D eigenvalue weighted by molar-refractivity contribution is 6.35. The first-order chi connectivity index (χ1) is 26.5. The number of hydrogen-bond acceptors (Lipinski definition) is 9. The molecule has 2 saturated carbocycles. The number of nitrogens with zero attached hydrogens (tertiary/aromatic N) is 6. The molecule has 0 saturated heterocycles. The number of halogens is 6. The predicted octanol–water partition coefficient (Wildman–Crippen LogP) is 5.52. The van der Waals surface area contributed by atoms with Gasteiger partial charge in [0.1, 0.15) is 16.8 Å². The smallest absolute Gasteiger partial charge is 0.475 e. The Morgan fingerprint density at radius 2 is 1.60 bits per heavy atom. The average molecular weight is 831 g/mol. The molecule has 2 aliphatic carbocycles. The molecule has 1 aliphatic heterocycles. The molecule has 57 heavy (non-hydrogen) atoms. The highest BCUT2D eigenvalue weighted by atomic mass is 35.5. The van der Waals surface area contributed by atoms with Crippen LogP contribution < -0.4 is 21.3 Å². The minimum Gasteiger partial charge on any atom is -0.475 e. The van der Waals surface area contributed by atoms with Crippen molar-refractivity contribution in [2.24, 2.45) is 5.73 Å². The SMILES string of the molecule is CC(C)(N)c1ccc(C2(NC(=O)C3(NC(=O)c4cnc5n4[C@](C)(Cc4ccc(C#N)cc4)C(=O)N5c4cc(Cl)c(F)c(Cl)c4)CC3)CC2)nn1.O=C(O)C(F)(F)F. The van der Waals surface area contributed by atoms with Crippen LogP contribution in [0.5, 0.6) is 0 Å². The fraction of sp³-hybridized carbons (Fsp3) is 0.351. The Labute approximate surface area is 332 Å². The zero-order chi connectivity index (χ0) is 41.9. The Morgan fingerprint density at radius 1 is 1.00 bits per heavy atom. The number of carbonyl (C=O) groups is 4. The maximum atomic E-state index is 14.4. The molecule has 0 bridgehead atoms. The highest BCUT2D eigenvalue weighted by Crippen LogP contribution is 2.48. The zero-order valence-corrected chi connectivity index (χ0v) is 31.9. The van der Waals surface area contributed by atoms with Crippen molar-refractivity contribution in [1.82, 2.24) is 30.4 Å². The fourth-order valence-corrected chi connectivity index (χ4v) is 6.86. The van der Waals surface area contributed by atoms with Gasteiger partial charge in [-0.15, -0.1) is 0 Å². The molecule has 20 heteroatoms. The summed E-state index contributed by atoms with van der Waals surface area (Å²) in [4.78, 5) is 56.8. The molecule has 1 atom stereocenters. The van der Waals surface area contributed by atoms with E-state index in [1.807, 2.05) is 19.9 Å². The molecule has 14 nitrogen and oxygen atoms in total. The summed E-state index contributed by atoms with van der Waals surface area (Å²) in [6.45, 7) is 5.33. The third-order valence-corrected chi connectivity index (χ3v) is 10.4. The van der Waals surface area contributed by atoms with Crippen molar-refractivity contribution < 1.29 is 41.8 Å². The standard InChI is InChI=1S/C35H32Cl2FN9O3.C2HF3O2/c1-32(2,40)25-8-9-26(45-44-25)34(10-11-34)43-29(49)35(12-13-35)42-28(48)24-18-41-31-46(21-14-22(36)27(38)23(37)15-21)30(50)33(3,47(24)31)16-19-4-6-20(17-39)7-5-19;3-2(4,5)1(6)7/h4-9,14-15,18H,10-13,16,40H2,1-3H3,(H,42,48)(H,43,49);(H,6,7)/t33-;/m1./s1. The number of aliphatic carboxylic acids is 1. The molecule has 0 radical (unpaired) electrons. The molecule has 2 fully saturated rings. The third-order valence-electron chi connectivity index (χ3n) is 9.89. The number of carboxylic acid groups (broad SMARTS) is 1. The van der Waals surface area contributed by atoms with Gasteiger partial charge in [0.05, 0.1) is 56.0 Å². The number of nitrogens with two attached hydrogens (primary N) is 1. The zero-order valence-electron chi connectivity index (χ0n) is 30.3. The lowest BCUT2D eigenvalue weighted by molar-refractivity contribution is -0.192. The number of rotatable bonds is 9. The van der Waals surface area contributed by atoms with Crippen molar-refractivity contribution >= 4 is 58.5 Å². The molecule has 2 aromatic carbocycles. The van der Waals surface area contributed by atoms with Gasteiger partial charge in [-0.2, -0.15) is 28.6 Å². The summed E-state index contributed by atoms with van der Waals surface area (Å²) in [7, 11) is 0. The van der Waals surface area contributed by atoms with Crippen LogP contribution in [-0.2, 0) is 37.4 Å². The van der Waals surface area contributed by atoms with Crippen molar-refractivity contribution in [3.8, 4) is 6.07 Å². The third kappa shape index (κ3) is 7.87. The van der Waals surface area contributed by atoms with Crippen LogP contribution in [0.1, 0.15) is 79.5 Å². The van der Waals surface area contributed by atoms with E-state index in [0.29, 0.717) is 48.2 Å². The maximum Gasteiger partial charge on any atom is 0.490 e. The van der Waals surface area contributed by atoms with Crippen LogP contribution in [0.3, 0.4) is 0 Å². The fourth-order valence-electron chi connectivity index (χ4n) is 6.38. The average Bonchev–Trinajstić information content (AvgIpc) is 4.05. The molecule has 4 aromatic rings. The number of carbonyl (C=O) groups excluding carboxylic acids is 3.